The summed E-state index contributed by atoms with van der Waals surface area (Å²) in [6.45, 7) is 1.64. The van der Waals surface area contributed by atoms with E-state index >= 15 is 0 Å². The number of hydrogen-bond acceptors (Lipinski definition) is 4. The molecule has 14 heavy (non-hydrogen) atoms. The zero-order valence-electron chi connectivity index (χ0n) is 7.30. The van der Waals surface area contributed by atoms with Gasteiger partial charge in [-0.15, -0.1) is 10.2 Å². The van der Waals surface area contributed by atoms with Gasteiger partial charge in [-0.3, -0.25) is 4.57 Å². The summed E-state index contributed by atoms with van der Waals surface area (Å²) >= 11 is 0. The average molecular weight is 193 g/mol. The van der Waals surface area contributed by atoms with Crippen LogP contribution in [0.25, 0.3) is 5.95 Å². The number of carbonyl (C=O) groups is 1. The lowest BCUT2D eigenvalue weighted by Crippen LogP contribution is -1.99. The molecule has 0 fully saturated rings. The van der Waals surface area contributed by atoms with Gasteiger partial charge in [0.25, 0.3) is 0 Å². The van der Waals surface area contributed by atoms with Gasteiger partial charge in [0.1, 0.15) is 12.7 Å². The molecule has 0 unspecified atom stereocenters. The van der Waals surface area contributed by atoms with Gasteiger partial charge in [0.2, 0.25) is 5.95 Å². The molecular weight excluding hydrogens is 186 g/mol. The minimum absolute atomic E-state index is 0.00806. The molecule has 0 bridgehead atoms. The second-order valence-electron chi connectivity index (χ2n) is 2.71. The summed E-state index contributed by atoms with van der Waals surface area (Å²) in [6.07, 6.45) is 2.87. The Morgan fingerprint density at radius 2 is 2.14 bits per heavy atom. The van der Waals surface area contributed by atoms with Crippen molar-refractivity contribution in [2.45, 2.75) is 6.92 Å². The van der Waals surface area contributed by atoms with E-state index in [0.717, 1.165) is 0 Å². The van der Waals surface area contributed by atoms with E-state index in [4.69, 9.17) is 5.11 Å². The number of aromatic carboxylic acids is 1. The highest BCUT2D eigenvalue weighted by Gasteiger charge is 2.13. The highest BCUT2D eigenvalue weighted by Crippen LogP contribution is 2.07. The van der Waals surface area contributed by atoms with Crippen LogP contribution in [0.4, 0.5) is 0 Å². The van der Waals surface area contributed by atoms with E-state index in [-0.39, 0.29) is 5.69 Å². The second-order valence-corrected chi connectivity index (χ2v) is 2.71. The Kier molecular flexibility index (Phi) is 1.77. The minimum Gasteiger partial charge on any atom is -0.476 e. The Labute approximate surface area is 78.4 Å². The van der Waals surface area contributed by atoms with Gasteiger partial charge in [0.15, 0.2) is 5.69 Å². The van der Waals surface area contributed by atoms with E-state index < -0.39 is 5.97 Å². The third kappa shape index (κ3) is 1.24. The van der Waals surface area contributed by atoms with Gasteiger partial charge in [-0.2, -0.15) is 0 Å². The molecule has 0 saturated carbocycles. The third-order valence-corrected chi connectivity index (χ3v) is 1.74. The maximum atomic E-state index is 10.7. The molecule has 0 aliphatic carbocycles. The van der Waals surface area contributed by atoms with Crippen LogP contribution in [0.5, 0.6) is 0 Å². The lowest BCUT2D eigenvalue weighted by molar-refractivity contribution is 0.0690. The van der Waals surface area contributed by atoms with Gasteiger partial charge in [0.05, 0.1) is 0 Å². The van der Waals surface area contributed by atoms with E-state index in [0.29, 0.717) is 11.6 Å². The monoisotopic (exact) mass is 193 g/mol. The van der Waals surface area contributed by atoms with Crippen molar-refractivity contribution in [2.24, 2.45) is 0 Å². The number of carboxylic acid groups (broad SMARTS) is 1. The predicted molar refractivity (Wildman–Crippen MR) is 45.2 cm³/mol. The summed E-state index contributed by atoms with van der Waals surface area (Å²) in [5.74, 6) is -0.664. The number of carboxylic acids is 1. The van der Waals surface area contributed by atoms with E-state index in [2.05, 4.69) is 20.2 Å². The first kappa shape index (κ1) is 8.42. The molecule has 7 heteroatoms. The normalized spacial score (nSPS) is 10.4. The first-order valence-electron chi connectivity index (χ1n) is 3.83. The molecule has 0 spiro atoms. The number of nitrogens with zero attached hydrogens (tertiary/aromatic N) is 4. The molecule has 2 rings (SSSR count). The van der Waals surface area contributed by atoms with Crippen molar-refractivity contribution >= 4 is 5.97 Å². The van der Waals surface area contributed by atoms with Crippen LogP contribution in [0.15, 0.2) is 12.7 Å². The van der Waals surface area contributed by atoms with E-state index in [1.807, 2.05) is 0 Å². The molecule has 0 amide bonds. The van der Waals surface area contributed by atoms with Crippen molar-refractivity contribution in [2.75, 3.05) is 0 Å². The van der Waals surface area contributed by atoms with Gasteiger partial charge >= 0.3 is 5.97 Å². The topological polar surface area (TPSA) is 96.7 Å². The number of aromatic nitrogens is 5. The van der Waals surface area contributed by atoms with Gasteiger partial charge < -0.3 is 10.1 Å². The van der Waals surface area contributed by atoms with Crippen molar-refractivity contribution in [3.63, 3.8) is 0 Å². The molecule has 0 atom stereocenters. The summed E-state index contributed by atoms with van der Waals surface area (Å²) in [6, 6.07) is 0. The van der Waals surface area contributed by atoms with Crippen LogP contribution in [0.2, 0.25) is 0 Å². The maximum Gasteiger partial charge on any atom is 0.356 e. The Morgan fingerprint density at radius 1 is 1.50 bits per heavy atom. The predicted octanol–water partition coefficient (Wildman–Crippen LogP) is -0.00298. The van der Waals surface area contributed by atoms with Crippen LogP contribution in [0.3, 0.4) is 0 Å². The molecular formula is C7H7N5O2. The van der Waals surface area contributed by atoms with Crippen LogP contribution in [-0.4, -0.2) is 35.8 Å². The summed E-state index contributed by atoms with van der Waals surface area (Å²) in [5.41, 5.74) is 0.509. The fourth-order valence-corrected chi connectivity index (χ4v) is 1.09. The first-order chi connectivity index (χ1) is 6.68. The Bertz CT molecular complexity index is 458. The fourth-order valence-electron chi connectivity index (χ4n) is 1.09. The quantitative estimate of drug-likeness (QED) is 0.699. The van der Waals surface area contributed by atoms with Crippen LogP contribution in [-0.2, 0) is 0 Å². The van der Waals surface area contributed by atoms with Crippen LogP contribution in [0.1, 0.15) is 16.2 Å². The summed E-state index contributed by atoms with van der Waals surface area (Å²) in [5, 5.41) is 15.9. The molecule has 2 aromatic rings. The minimum atomic E-state index is -1.06. The molecule has 0 aromatic carbocycles. The molecule has 2 heterocycles. The van der Waals surface area contributed by atoms with Gasteiger partial charge in [0, 0.05) is 5.69 Å². The van der Waals surface area contributed by atoms with Crippen molar-refractivity contribution in [3.05, 3.63) is 24.0 Å². The van der Waals surface area contributed by atoms with Gasteiger partial charge in [-0.1, -0.05) is 0 Å². The average Bonchev–Trinajstić information content (AvgIpc) is 2.70. The van der Waals surface area contributed by atoms with Crippen molar-refractivity contribution in [3.8, 4) is 5.95 Å². The van der Waals surface area contributed by atoms with Crippen LogP contribution < -0.4 is 0 Å². The van der Waals surface area contributed by atoms with Crippen LogP contribution >= 0.6 is 0 Å². The van der Waals surface area contributed by atoms with E-state index in [1.165, 1.54) is 17.2 Å². The summed E-state index contributed by atoms with van der Waals surface area (Å²) < 4.78 is 1.50. The summed E-state index contributed by atoms with van der Waals surface area (Å²) in [7, 11) is 0. The smallest absolute Gasteiger partial charge is 0.356 e. The first-order valence-corrected chi connectivity index (χ1v) is 3.83. The number of aromatic amines is 1. The Morgan fingerprint density at radius 3 is 2.64 bits per heavy atom. The van der Waals surface area contributed by atoms with Gasteiger partial charge in [-0.05, 0) is 6.92 Å². The highest BCUT2D eigenvalue weighted by molar-refractivity contribution is 5.86. The molecule has 0 aliphatic heterocycles. The fraction of sp³-hybridized carbons (Fsp3) is 0.143. The number of rotatable bonds is 2. The largest absolute Gasteiger partial charge is 0.476 e. The van der Waals surface area contributed by atoms with Gasteiger partial charge in [-0.25, -0.2) is 9.78 Å². The molecule has 2 N–H and O–H groups in total. The van der Waals surface area contributed by atoms with E-state index in [1.54, 1.807) is 6.92 Å². The molecule has 2 aromatic heterocycles. The Hall–Kier alpha value is -2.18. The summed E-state index contributed by atoms with van der Waals surface area (Å²) in [4.78, 5) is 17.4. The third-order valence-electron chi connectivity index (χ3n) is 1.74. The SMILES string of the molecule is Cc1[nH]c(-n2cnnc2)nc1C(=O)O. The Balaban J connectivity index is 2.48. The number of aryl methyl sites for hydroxylation is 1. The van der Waals surface area contributed by atoms with E-state index in [9.17, 15) is 4.79 Å². The van der Waals surface area contributed by atoms with Crippen molar-refractivity contribution in [1.29, 1.82) is 0 Å². The number of nitrogens with one attached hydrogen (secondary N) is 1. The molecule has 0 aliphatic rings. The van der Waals surface area contributed by atoms with Crippen LogP contribution in [0, 0.1) is 6.92 Å². The maximum absolute atomic E-state index is 10.7. The molecule has 0 radical (unpaired) electrons. The van der Waals surface area contributed by atoms with Crippen molar-refractivity contribution in [1.82, 2.24) is 24.7 Å². The highest BCUT2D eigenvalue weighted by atomic mass is 16.4. The zero-order valence-corrected chi connectivity index (χ0v) is 7.30. The molecule has 72 valence electrons. The number of hydrogen-bond donors (Lipinski definition) is 2. The number of H-pyrrole nitrogens is 1. The van der Waals surface area contributed by atoms with Crippen molar-refractivity contribution < 1.29 is 9.90 Å². The standard InChI is InChI=1S/C7H7N5O2/c1-4-5(6(13)14)11-7(10-4)12-2-8-9-3-12/h2-3H,1H3,(H,10,11)(H,13,14). The zero-order chi connectivity index (χ0) is 10.1. The lowest BCUT2D eigenvalue weighted by atomic mass is 10.4. The second kappa shape index (κ2) is 2.95. The number of imidazole rings is 1. The lowest BCUT2D eigenvalue weighted by Gasteiger charge is -1.90. The molecule has 0 saturated heterocycles. The molecule has 7 nitrogen and oxygen atoms in total.